The van der Waals surface area contributed by atoms with Gasteiger partial charge in [-0.25, -0.2) is 4.98 Å². The van der Waals surface area contributed by atoms with Gasteiger partial charge >= 0.3 is 6.18 Å². The third-order valence-corrected chi connectivity index (χ3v) is 5.27. The van der Waals surface area contributed by atoms with Crippen molar-refractivity contribution in [2.75, 3.05) is 18.0 Å². The largest absolute Gasteiger partial charge is 0.451 e. The van der Waals surface area contributed by atoms with Crippen LogP contribution in [-0.2, 0) is 12.7 Å². The van der Waals surface area contributed by atoms with Crippen LogP contribution in [0.4, 0.5) is 19.0 Å². The molecule has 1 saturated heterocycles. The van der Waals surface area contributed by atoms with Crippen molar-refractivity contribution in [2.24, 2.45) is 0 Å². The minimum absolute atomic E-state index is 0.0378. The van der Waals surface area contributed by atoms with Crippen LogP contribution in [0.3, 0.4) is 0 Å². The van der Waals surface area contributed by atoms with Gasteiger partial charge in [0.25, 0.3) is 5.91 Å². The number of halogens is 3. The number of benzene rings is 1. The number of rotatable bonds is 5. The van der Waals surface area contributed by atoms with Crippen LogP contribution in [-0.4, -0.2) is 24.0 Å². The molecule has 3 aromatic rings. The zero-order valence-electron chi connectivity index (χ0n) is 16.8. The van der Waals surface area contributed by atoms with Crippen molar-refractivity contribution in [3.8, 4) is 11.3 Å². The molecule has 31 heavy (non-hydrogen) atoms. The minimum Gasteiger partial charge on any atom is -0.451 e. The van der Waals surface area contributed by atoms with Gasteiger partial charge in [-0.3, -0.25) is 4.79 Å². The van der Waals surface area contributed by atoms with E-state index in [9.17, 15) is 18.0 Å². The highest BCUT2D eigenvalue weighted by Crippen LogP contribution is 2.32. The average molecular weight is 429 g/mol. The number of aromatic nitrogens is 1. The summed E-state index contributed by atoms with van der Waals surface area (Å²) >= 11 is 0. The Balaban J connectivity index is 1.45. The van der Waals surface area contributed by atoms with Crippen LogP contribution < -0.4 is 10.2 Å². The molecular weight excluding hydrogens is 407 g/mol. The molecule has 0 aliphatic carbocycles. The summed E-state index contributed by atoms with van der Waals surface area (Å²) in [4.78, 5) is 19.3. The lowest BCUT2D eigenvalue weighted by atomic mass is 10.1. The van der Waals surface area contributed by atoms with Crippen LogP contribution in [0.1, 0.15) is 40.9 Å². The van der Waals surface area contributed by atoms with Gasteiger partial charge in [-0.2, -0.15) is 13.2 Å². The van der Waals surface area contributed by atoms with Crippen molar-refractivity contribution in [1.82, 2.24) is 10.3 Å². The van der Waals surface area contributed by atoms with E-state index in [0.717, 1.165) is 49.4 Å². The second-order valence-electron chi connectivity index (χ2n) is 7.46. The molecule has 2 aromatic heterocycles. The number of amides is 1. The van der Waals surface area contributed by atoms with Gasteiger partial charge in [0, 0.05) is 37.0 Å². The molecule has 0 saturated carbocycles. The Bertz CT molecular complexity index is 1060. The van der Waals surface area contributed by atoms with Gasteiger partial charge in [0.15, 0.2) is 5.76 Å². The van der Waals surface area contributed by atoms with Crippen LogP contribution in [0, 0.1) is 0 Å². The maximum atomic E-state index is 12.9. The summed E-state index contributed by atoms with van der Waals surface area (Å²) in [5.74, 6) is 0.667. The lowest BCUT2D eigenvalue weighted by Crippen LogP contribution is -2.32. The molecular formula is C23H22F3N3O2. The number of hydrogen-bond donors (Lipinski definition) is 1. The Morgan fingerprint density at radius 2 is 1.87 bits per heavy atom. The van der Waals surface area contributed by atoms with Crippen molar-refractivity contribution < 1.29 is 22.4 Å². The zero-order chi connectivity index (χ0) is 21.8. The highest BCUT2D eigenvalue weighted by molar-refractivity contribution is 5.92. The second kappa shape index (κ2) is 8.83. The standard InChI is InChI=1S/C23H22F3N3O2/c24-23(25,26)18-8-4-6-16(14-18)19-9-10-20(31-19)22(30)28-15-17-7-5-11-27-21(17)29-12-2-1-3-13-29/h4-11,14H,1-3,12-13,15H2,(H,28,30). The molecule has 0 spiro atoms. The molecule has 0 radical (unpaired) electrons. The van der Waals surface area contributed by atoms with E-state index in [1.165, 1.54) is 30.7 Å². The Morgan fingerprint density at radius 1 is 1.06 bits per heavy atom. The first-order valence-corrected chi connectivity index (χ1v) is 10.2. The molecule has 1 fully saturated rings. The number of carbonyl (C=O) groups excluding carboxylic acids is 1. The number of carbonyl (C=O) groups is 1. The first-order valence-electron chi connectivity index (χ1n) is 10.2. The Kier molecular flexibility index (Phi) is 5.97. The van der Waals surface area contributed by atoms with Gasteiger partial charge in [0.2, 0.25) is 0 Å². The van der Waals surface area contributed by atoms with E-state index < -0.39 is 17.6 Å². The van der Waals surface area contributed by atoms with E-state index in [0.29, 0.717) is 0 Å². The molecule has 4 rings (SSSR count). The number of furan rings is 1. The van der Waals surface area contributed by atoms with E-state index in [2.05, 4.69) is 15.2 Å². The quantitative estimate of drug-likeness (QED) is 0.600. The van der Waals surface area contributed by atoms with E-state index in [-0.39, 0.29) is 23.6 Å². The van der Waals surface area contributed by atoms with Gasteiger partial charge in [-0.15, -0.1) is 0 Å². The van der Waals surface area contributed by atoms with Crippen LogP contribution in [0.15, 0.2) is 59.1 Å². The third-order valence-electron chi connectivity index (χ3n) is 5.27. The van der Waals surface area contributed by atoms with E-state index >= 15 is 0 Å². The van der Waals surface area contributed by atoms with Crippen molar-refractivity contribution in [3.05, 3.63) is 71.6 Å². The molecule has 0 atom stereocenters. The molecule has 0 unspecified atom stereocenters. The van der Waals surface area contributed by atoms with Crippen LogP contribution >= 0.6 is 0 Å². The van der Waals surface area contributed by atoms with Crippen LogP contribution in [0.5, 0.6) is 0 Å². The maximum absolute atomic E-state index is 12.9. The first kappa shape index (κ1) is 21.0. The van der Waals surface area contributed by atoms with E-state index in [1.54, 1.807) is 6.20 Å². The Hall–Kier alpha value is -3.29. The number of nitrogens with one attached hydrogen (secondary N) is 1. The maximum Gasteiger partial charge on any atom is 0.416 e. The summed E-state index contributed by atoms with van der Waals surface area (Å²) < 4.78 is 44.4. The highest BCUT2D eigenvalue weighted by Gasteiger charge is 2.30. The fourth-order valence-corrected chi connectivity index (χ4v) is 3.69. The molecule has 3 heterocycles. The van der Waals surface area contributed by atoms with Crippen LogP contribution in [0.25, 0.3) is 11.3 Å². The number of hydrogen-bond acceptors (Lipinski definition) is 4. The predicted octanol–water partition coefficient (Wildman–Crippen LogP) is 5.28. The Morgan fingerprint density at radius 3 is 2.65 bits per heavy atom. The molecule has 1 aliphatic rings. The summed E-state index contributed by atoms with van der Waals surface area (Å²) in [6.07, 6.45) is 0.740. The molecule has 5 nitrogen and oxygen atoms in total. The van der Waals surface area contributed by atoms with Crippen molar-refractivity contribution in [3.63, 3.8) is 0 Å². The highest BCUT2D eigenvalue weighted by atomic mass is 19.4. The van der Waals surface area contributed by atoms with Crippen LogP contribution in [0.2, 0.25) is 0 Å². The van der Waals surface area contributed by atoms with Gasteiger partial charge in [-0.1, -0.05) is 18.2 Å². The van der Waals surface area contributed by atoms with Crippen molar-refractivity contribution in [1.29, 1.82) is 0 Å². The number of anilines is 1. The smallest absolute Gasteiger partial charge is 0.416 e. The fraction of sp³-hybridized carbons (Fsp3) is 0.304. The van der Waals surface area contributed by atoms with Gasteiger partial charge in [-0.05, 0) is 49.6 Å². The third kappa shape index (κ3) is 4.90. The SMILES string of the molecule is O=C(NCc1cccnc1N1CCCCC1)c1ccc(-c2cccc(C(F)(F)F)c2)o1. The van der Waals surface area contributed by atoms with E-state index in [1.807, 2.05) is 12.1 Å². The topological polar surface area (TPSA) is 58.4 Å². The zero-order valence-corrected chi connectivity index (χ0v) is 16.8. The summed E-state index contributed by atoms with van der Waals surface area (Å²) in [5.41, 5.74) is 0.394. The van der Waals surface area contributed by atoms with Gasteiger partial charge in [0.05, 0.1) is 5.56 Å². The summed E-state index contributed by atoms with van der Waals surface area (Å²) in [6.45, 7) is 2.16. The summed E-state index contributed by atoms with van der Waals surface area (Å²) in [6, 6.07) is 11.5. The molecule has 1 N–H and O–H groups in total. The van der Waals surface area contributed by atoms with Crippen molar-refractivity contribution in [2.45, 2.75) is 32.0 Å². The number of nitrogens with zero attached hydrogens (tertiary/aromatic N) is 2. The van der Waals surface area contributed by atoms with Crippen molar-refractivity contribution >= 4 is 11.7 Å². The lowest BCUT2D eigenvalue weighted by Gasteiger charge is -2.29. The summed E-state index contributed by atoms with van der Waals surface area (Å²) in [7, 11) is 0. The normalized spacial score (nSPS) is 14.5. The monoisotopic (exact) mass is 429 g/mol. The molecule has 162 valence electrons. The predicted molar refractivity (Wildman–Crippen MR) is 111 cm³/mol. The molecule has 1 aromatic carbocycles. The molecule has 1 aliphatic heterocycles. The number of pyridine rings is 1. The minimum atomic E-state index is -4.45. The fourth-order valence-electron chi connectivity index (χ4n) is 3.69. The second-order valence-corrected chi connectivity index (χ2v) is 7.46. The number of alkyl halides is 3. The summed E-state index contributed by atoms with van der Waals surface area (Å²) in [5, 5.41) is 2.82. The number of piperidine rings is 1. The average Bonchev–Trinajstić information content (AvgIpc) is 3.28. The Labute approximate surface area is 177 Å². The van der Waals surface area contributed by atoms with Gasteiger partial charge in [0.1, 0.15) is 11.6 Å². The van der Waals surface area contributed by atoms with Gasteiger partial charge < -0.3 is 14.6 Å². The molecule has 0 bridgehead atoms. The molecule has 1 amide bonds. The lowest BCUT2D eigenvalue weighted by molar-refractivity contribution is -0.137. The first-order chi connectivity index (χ1) is 14.9. The molecule has 8 heteroatoms. The van der Waals surface area contributed by atoms with E-state index in [4.69, 9.17) is 4.42 Å².